The molecule has 0 saturated carbocycles. The average molecular weight is 795 g/mol. The number of nitrogens with one attached hydrogen (secondary N) is 1. The molecule has 3 rings (SSSR count). The molecule has 9 nitrogen and oxygen atoms in total. The molecule has 0 amide bonds. The van der Waals surface area contributed by atoms with Crippen molar-refractivity contribution in [2.24, 2.45) is 5.92 Å². The van der Waals surface area contributed by atoms with Gasteiger partial charge in [0, 0.05) is 17.9 Å². The molecule has 0 spiro atoms. The van der Waals surface area contributed by atoms with Gasteiger partial charge in [0.1, 0.15) is 24.7 Å². The van der Waals surface area contributed by atoms with Crippen LogP contribution in [0.4, 0.5) is 64.1 Å². The van der Waals surface area contributed by atoms with Crippen molar-refractivity contribution in [3.05, 3.63) is 82.9 Å². The highest BCUT2D eigenvalue weighted by atomic mass is 19.4. The molecule has 0 bridgehead atoms. The summed E-state index contributed by atoms with van der Waals surface area (Å²) in [5.74, 6) is -3.72. The number of hydrogen-bond acceptors (Lipinski definition) is 9. The smallest absolute Gasteiger partial charge is 0.429 e. The summed E-state index contributed by atoms with van der Waals surface area (Å²) in [6, 6.07) is 13.5. The molecule has 0 aromatic heterocycles. The standard InChI is InChI=1S/C33H30F12N2O7/c1-17(2)11-18-12-19(14-47-21-5-9-23(10-6-21)54-22-7-3-20(46)4-8-22)25(27(49)53-16-29(51,32(40,41)42)33(43,44)45)13-24(18)26(48)52-15-28(50,30(34,35)36)31(37,38)39/h3-10,12-13,17,47,50-51H,11,14-16,46H2,1-2H3. The van der Waals surface area contributed by atoms with E-state index in [2.05, 4.69) is 14.8 Å². The van der Waals surface area contributed by atoms with Crippen LogP contribution in [0.2, 0.25) is 0 Å². The van der Waals surface area contributed by atoms with E-state index < -0.39 is 84.6 Å². The monoisotopic (exact) mass is 794 g/mol. The van der Waals surface area contributed by atoms with Crippen LogP contribution in [0.5, 0.6) is 11.5 Å². The molecule has 0 heterocycles. The molecule has 3 aromatic carbocycles. The van der Waals surface area contributed by atoms with Gasteiger partial charge in [-0.25, -0.2) is 9.59 Å². The van der Waals surface area contributed by atoms with Gasteiger partial charge < -0.3 is 35.5 Å². The summed E-state index contributed by atoms with van der Waals surface area (Å²) in [4.78, 5) is 26.1. The summed E-state index contributed by atoms with van der Waals surface area (Å²) in [5.41, 5.74) is -7.23. The van der Waals surface area contributed by atoms with Gasteiger partial charge in [-0.15, -0.1) is 0 Å². The van der Waals surface area contributed by atoms with Crippen molar-refractivity contribution >= 4 is 23.3 Å². The number of ether oxygens (including phenoxy) is 3. The van der Waals surface area contributed by atoms with E-state index >= 15 is 0 Å². The molecule has 0 unspecified atom stereocenters. The van der Waals surface area contributed by atoms with Crippen LogP contribution >= 0.6 is 0 Å². The fraction of sp³-hybridized carbons (Fsp3) is 0.394. The van der Waals surface area contributed by atoms with E-state index in [0.717, 1.165) is 6.07 Å². The van der Waals surface area contributed by atoms with E-state index in [1.165, 1.54) is 24.3 Å². The number of nitrogen functional groups attached to an aromatic ring is 1. The van der Waals surface area contributed by atoms with Gasteiger partial charge in [0.2, 0.25) is 0 Å². The minimum atomic E-state index is -6.43. The Morgan fingerprint density at radius 3 is 1.43 bits per heavy atom. The maximum Gasteiger partial charge on any atom is 0.429 e. The Balaban J connectivity index is 2.04. The molecule has 0 atom stereocenters. The second kappa shape index (κ2) is 15.8. The molecule has 0 aliphatic rings. The van der Waals surface area contributed by atoms with Gasteiger partial charge in [-0.05, 0) is 78.1 Å². The lowest BCUT2D eigenvalue weighted by Gasteiger charge is -2.31. The summed E-state index contributed by atoms with van der Waals surface area (Å²) in [6.45, 7) is -2.90. The number of carbonyl (C=O) groups excluding carboxylic acids is 2. The van der Waals surface area contributed by atoms with Crippen molar-refractivity contribution in [2.75, 3.05) is 24.3 Å². The van der Waals surface area contributed by atoms with Crippen LogP contribution in [-0.2, 0) is 22.4 Å². The molecule has 0 aliphatic carbocycles. The number of esters is 2. The first-order valence-electron chi connectivity index (χ1n) is 15.2. The molecular weight excluding hydrogens is 764 g/mol. The first-order chi connectivity index (χ1) is 24.6. The van der Waals surface area contributed by atoms with E-state index in [0.29, 0.717) is 23.3 Å². The number of halogens is 12. The lowest BCUT2D eigenvalue weighted by Crippen LogP contribution is -2.60. The van der Waals surface area contributed by atoms with Crippen molar-refractivity contribution in [2.45, 2.75) is 62.7 Å². The Morgan fingerprint density at radius 2 is 1.04 bits per heavy atom. The van der Waals surface area contributed by atoms with Crippen molar-refractivity contribution in [3.8, 4) is 11.5 Å². The fourth-order valence-electron chi connectivity index (χ4n) is 4.48. The third-order valence-corrected chi connectivity index (χ3v) is 7.55. The number of aliphatic hydroxyl groups is 2. The molecule has 0 radical (unpaired) electrons. The maximum absolute atomic E-state index is 13.3. The van der Waals surface area contributed by atoms with E-state index in [1.807, 2.05) is 0 Å². The van der Waals surface area contributed by atoms with Crippen molar-refractivity contribution in [1.82, 2.24) is 0 Å². The number of nitrogens with two attached hydrogens (primary N) is 1. The number of benzene rings is 3. The zero-order valence-corrected chi connectivity index (χ0v) is 27.7. The van der Waals surface area contributed by atoms with Crippen LogP contribution in [-0.4, -0.2) is 71.3 Å². The SMILES string of the molecule is CC(C)Cc1cc(CNc2ccc(Oc3ccc(N)cc3)cc2)c(C(=O)OCC(O)(C(F)(F)F)C(F)(F)F)cc1C(=O)OCC(O)(C(F)(F)F)C(F)(F)F. The van der Waals surface area contributed by atoms with Crippen LogP contribution in [0.3, 0.4) is 0 Å². The molecular formula is C33H30F12N2O7. The number of hydrogen-bond donors (Lipinski definition) is 4. The first kappa shape index (κ1) is 43.5. The Morgan fingerprint density at radius 1 is 0.648 bits per heavy atom. The molecule has 5 N–H and O–H groups in total. The molecule has 3 aromatic rings. The number of anilines is 2. The van der Waals surface area contributed by atoms with Gasteiger partial charge in [-0.3, -0.25) is 0 Å². The Hall–Kier alpha value is -4.92. The van der Waals surface area contributed by atoms with Crippen LogP contribution < -0.4 is 15.8 Å². The number of carbonyl (C=O) groups is 2. The number of alkyl halides is 12. The largest absolute Gasteiger partial charge is 0.458 e. The van der Waals surface area contributed by atoms with Crippen LogP contribution in [0.25, 0.3) is 0 Å². The van der Waals surface area contributed by atoms with E-state index in [4.69, 9.17) is 10.5 Å². The normalized spacial score (nSPS) is 13.1. The fourth-order valence-corrected chi connectivity index (χ4v) is 4.48. The van der Waals surface area contributed by atoms with Gasteiger partial charge in [0.15, 0.2) is 0 Å². The summed E-state index contributed by atoms with van der Waals surface area (Å²) in [5, 5.41) is 21.7. The van der Waals surface area contributed by atoms with Crippen molar-refractivity contribution in [1.29, 1.82) is 0 Å². The van der Waals surface area contributed by atoms with E-state index in [9.17, 15) is 72.5 Å². The third kappa shape index (κ3) is 9.98. The van der Waals surface area contributed by atoms with Crippen LogP contribution in [0.1, 0.15) is 45.7 Å². The third-order valence-electron chi connectivity index (χ3n) is 7.55. The number of rotatable bonds is 13. The summed E-state index contributed by atoms with van der Waals surface area (Å²) >= 11 is 0. The molecule has 21 heteroatoms. The summed E-state index contributed by atoms with van der Waals surface area (Å²) < 4.78 is 173. The second-order valence-electron chi connectivity index (χ2n) is 12.2. The first-order valence-corrected chi connectivity index (χ1v) is 15.2. The molecule has 0 aliphatic heterocycles. The lowest BCUT2D eigenvalue weighted by atomic mass is 9.92. The quantitative estimate of drug-likeness (QED) is 0.0773. The zero-order valence-electron chi connectivity index (χ0n) is 27.7. The van der Waals surface area contributed by atoms with E-state index in [1.54, 1.807) is 38.1 Å². The minimum absolute atomic E-state index is 0.200. The predicted molar refractivity (Wildman–Crippen MR) is 164 cm³/mol. The topological polar surface area (TPSA) is 140 Å². The van der Waals surface area contributed by atoms with Crippen LogP contribution in [0, 0.1) is 5.92 Å². The zero-order chi connectivity index (χ0) is 41.1. The van der Waals surface area contributed by atoms with E-state index in [-0.39, 0.29) is 23.2 Å². The van der Waals surface area contributed by atoms with Crippen molar-refractivity contribution in [3.63, 3.8) is 0 Å². The van der Waals surface area contributed by atoms with Gasteiger partial charge in [0.25, 0.3) is 11.2 Å². The lowest BCUT2D eigenvalue weighted by molar-refractivity contribution is -0.375. The molecule has 0 saturated heterocycles. The second-order valence-corrected chi connectivity index (χ2v) is 12.2. The Labute approximate surface area is 297 Å². The minimum Gasteiger partial charge on any atom is -0.458 e. The Kier molecular flexibility index (Phi) is 12.7. The highest BCUT2D eigenvalue weighted by molar-refractivity contribution is 5.97. The van der Waals surface area contributed by atoms with Gasteiger partial charge in [-0.2, -0.15) is 52.7 Å². The molecule has 54 heavy (non-hydrogen) atoms. The maximum atomic E-state index is 13.3. The highest BCUT2D eigenvalue weighted by Crippen LogP contribution is 2.44. The molecule has 298 valence electrons. The van der Waals surface area contributed by atoms with Gasteiger partial charge in [-0.1, -0.05) is 19.9 Å². The highest BCUT2D eigenvalue weighted by Gasteiger charge is 2.72. The van der Waals surface area contributed by atoms with Crippen LogP contribution in [0.15, 0.2) is 60.7 Å². The summed E-state index contributed by atoms with van der Waals surface area (Å²) in [7, 11) is 0. The van der Waals surface area contributed by atoms with Gasteiger partial charge in [0.05, 0.1) is 11.1 Å². The Bertz CT molecular complexity index is 1740. The predicted octanol–water partition coefficient (Wildman–Crippen LogP) is 7.90. The molecule has 0 fully saturated rings. The average Bonchev–Trinajstić information content (AvgIpc) is 3.04. The van der Waals surface area contributed by atoms with Crippen molar-refractivity contribution < 1.29 is 86.7 Å². The van der Waals surface area contributed by atoms with Gasteiger partial charge >= 0.3 is 36.6 Å². The summed E-state index contributed by atoms with van der Waals surface area (Å²) in [6.07, 6.45) is -25.9.